The molecule has 0 radical (unpaired) electrons. The molecule has 0 aliphatic heterocycles. The van der Waals surface area contributed by atoms with E-state index >= 15 is 0 Å². The number of para-hydroxylation sites is 1. The smallest absolute Gasteiger partial charge is 0.229 e. The van der Waals surface area contributed by atoms with Crippen LogP contribution in [0.5, 0.6) is 0 Å². The topological polar surface area (TPSA) is 81.6 Å². The van der Waals surface area contributed by atoms with E-state index in [2.05, 4.69) is 9.71 Å². The van der Waals surface area contributed by atoms with Gasteiger partial charge in [0.2, 0.25) is 10.0 Å². The average molecular weight is 317 g/mol. The van der Waals surface area contributed by atoms with Crippen LogP contribution in [0.1, 0.15) is 16.7 Å². The summed E-state index contributed by atoms with van der Waals surface area (Å²) in [6.07, 6.45) is 1.04. The highest BCUT2D eigenvalue weighted by Gasteiger charge is 2.07. The molecule has 6 heteroatoms. The van der Waals surface area contributed by atoms with Gasteiger partial charge in [0.1, 0.15) is 0 Å². The van der Waals surface area contributed by atoms with Gasteiger partial charge in [-0.25, -0.2) is 8.42 Å². The van der Waals surface area contributed by atoms with Crippen LogP contribution in [0, 0.1) is 6.92 Å². The number of benzene rings is 2. The van der Waals surface area contributed by atoms with Crippen molar-refractivity contribution in [1.29, 1.82) is 0 Å². The molecule has 2 rings (SSSR count). The summed E-state index contributed by atoms with van der Waals surface area (Å²) in [4.78, 5) is 4.04. The lowest BCUT2D eigenvalue weighted by Crippen LogP contribution is -2.22. The maximum absolute atomic E-state index is 12.2. The van der Waals surface area contributed by atoms with Crippen LogP contribution in [0.2, 0.25) is 0 Å². The van der Waals surface area contributed by atoms with E-state index in [1.54, 1.807) is 18.2 Å². The third-order valence-corrected chi connectivity index (χ3v) is 3.70. The Kier molecular flexibility index (Phi) is 4.82. The van der Waals surface area contributed by atoms with E-state index in [0.29, 0.717) is 0 Å². The Morgan fingerprint density at radius 3 is 2.45 bits per heavy atom. The fourth-order valence-corrected chi connectivity index (χ4v) is 2.57. The molecule has 2 aromatic rings. The predicted octanol–water partition coefficient (Wildman–Crippen LogP) is 1.67. The van der Waals surface area contributed by atoms with Gasteiger partial charge in [-0.15, -0.1) is 0 Å². The summed E-state index contributed by atoms with van der Waals surface area (Å²) in [6, 6.07) is 14.1. The first-order valence-corrected chi connectivity index (χ1v) is 8.59. The number of hydrogen-bond donors (Lipinski definition) is 1. The summed E-state index contributed by atoms with van der Waals surface area (Å²) in [5.41, 5.74) is 2.50. The zero-order valence-corrected chi connectivity index (χ0v) is 13.2. The molecule has 0 unspecified atom stereocenters. The van der Waals surface area contributed by atoms with Crippen LogP contribution >= 0.6 is 0 Å². The summed E-state index contributed by atoms with van der Waals surface area (Å²) in [5, 5.41) is 12.2. The summed E-state index contributed by atoms with van der Waals surface area (Å²) >= 11 is 0. The number of hydrogen-bond acceptors (Lipinski definition) is 4. The van der Waals surface area contributed by atoms with Crippen LogP contribution in [0.25, 0.3) is 0 Å². The zero-order chi connectivity index (χ0) is 16.2. The highest BCUT2D eigenvalue weighted by Crippen LogP contribution is 2.16. The molecule has 0 heterocycles. The van der Waals surface area contributed by atoms with E-state index in [1.165, 1.54) is 6.07 Å². The van der Waals surface area contributed by atoms with Crippen molar-refractivity contribution in [3.63, 3.8) is 0 Å². The number of anilines is 1. The zero-order valence-electron chi connectivity index (χ0n) is 12.4. The Hall–Kier alpha value is -2.34. The van der Waals surface area contributed by atoms with Gasteiger partial charge in [-0.1, -0.05) is 42.5 Å². The first-order valence-electron chi connectivity index (χ1n) is 6.70. The number of aliphatic imine (C=N–C) groups is 1. The van der Waals surface area contributed by atoms with Gasteiger partial charge in [0, 0.05) is 5.56 Å². The third-order valence-electron chi connectivity index (χ3n) is 3.11. The van der Waals surface area contributed by atoms with Crippen molar-refractivity contribution in [3.8, 4) is 0 Å². The summed E-state index contributed by atoms with van der Waals surface area (Å²) in [5.74, 6) is -0.449. The van der Waals surface area contributed by atoms with Crippen molar-refractivity contribution in [2.75, 3.05) is 11.0 Å². The minimum absolute atomic E-state index is 0.238. The summed E-state index contributed by atoms with van der Waals surface area (Å²) < 4.78 is 25.0. The molecular weight excluding hydrogens is 300 g/mol. The minimum Gasteiger partial charge on any atom is -0.858 e. The molecular formula is C16H17N2O3S-. The van der Waals surface area contributed by atoms with Crippen LogP contribution in [0.15, 0.2) is 53.5 Å². The van der Waals surface area contributed by atoms with Crippen molar-refractivity contribution in [3.05, 3.63) is 65.2 Å². The molecule has 0 aliphatic rings. The van der Waals surface area contributed by atoms with Gasteiger partial charge in [-0.05, 0) is 30.0 Å². The monoisotopic (exact) mass is 317 g/mol. The molecule has 0 aliphatic carbocycles. The van der Waals surface area contributed by atoms with Crippen LogP contribution in [0.3, 0.4) is 0 Å². The second-order valence-electron chi connectivity index (χ2n) is 4.97. The normalized spacial score (nSPS) is 12.2. The SMILES string of the molecule is Cc1ccccc1CN=C([O-])c1ccccc1NS(C)(=O)=O. The van der Waals surface area contributed by atoms with Gasteiger partial charge in [-0.2, -0.15) is 0 Å². The van der Waals surface area contributed by atoms with Crippen LogP contribution in [0.4, 0.5) is 5.69 Å². The first-order chi connectivity index (χ1) is 10.4. The van der Waals surface area contributed by atoms with Gasteiger partial charge >= 0.3 is 0 Å². The highest BCUT2D eigenvalue weighted by molar-refractivity contribution is 7.92. The molecule has 0 saturated carbocycles. The molecule has 2 aromatic carbocycles. The molecule has 5 nitrogen and oxygen atoms in total. The summed E-state index contributed by atoms with van der Waals surface area (Å²) in [7, 11) is -3.45. The Labute approximate surface area is 130 Å². The van der Waals surface area contributed by atoms with Gasteiger partial charge in [0.05, 0.1) is 18.5 Å². The van der Waals surface area contributed by atoms with Crippen molar-refractivity contribution in [1.82, 2.24) is 0 Å². The van der Waals surface area contributed by atoms with Crippen molar-refractivity contribution >= 4 is 21.6 Å². The quantitative estimate of drug-likeness (QED) is 0.673. The van der Waals surface area contributed by atoms with Crippen LogP contribution < -0.4 is 9.83 Å². The van der Waals surface area contributed by atoms with E-state index < -0.39 is 15.9 Å². The fraction of sp³-hybridized carbons (Fsp3) is 0.188. The van der Waals surface area contributed by atoms with Crippen molar-refractivity contribution in [2.24, 2.45) is 4.99 Å². The van der Waals surface area contributed by atoms with Crippen LogP contribution in [-0.2, 0) is 16.6 Å². The van der Waals surface area contributed by atoms with E-state index in [1.807, 2.05) is 31.2 Å². The Morgan fingerprint density at radius 2 is 1.77 bits per heavy atom. The number of aryl methyl sites for hydroxylation is 1. The van der Waals surface area contributed by atoms with Gasteiger partial charge in [-0.3, -0.25) is 9.71 Å². The lowest BCUT2D eigenvalue weighted by Gasteiger charge is -2.16. The molecule has 22 heavy (non-hydrogen) atoms. The third kappa shape index (κ3) is 4.33. The standard InChI is InChI=1S/C16H18N2O3S/c1-12-7-3-4-8-13(12)11-17-16(19)14-9-5-6-10-15(14)18-22(2,20)21/h3-10,18H,11H2,1-2H3,(H,17,19)/p-1. The lowest BCUT2D eigenvalue weighted by molar-refractivity contribution is -0.213. The molecule has 0 spiro atoms. The van der Waals surface area contributed by atoms with E-state index in [4.69, 9.17) is 0 Å². The number of nitrogens with zero attached hydrogens (tertiary/aromatic N) is 1. The first kappa shape index (κ1) is 16.0. The highest BCUT2D eigenvalue weighted by atomic mass is 32.2. The second-order valence-corrected chi connectivity index (χ2v) is 6.72. The minimum atomic E-state index is -3.45. The van der Waals surface area contributed by atoms with Gasteiger partial charge in [0.25, 0.3) is 0 Å². The molecule has 0 bridgehead atoms. The predicted molar refractivity (Wildman–Crippen MR) is 86.3 cm³/mol. The molecule has 1 N–H and O–H groups in total. The van der Waals surface area contributed by atoms with E-state index in [0.717, 1.165) is 17.4 Å². The van der Waals surface area contributed by atoms with Gasteiger partial charge < -0.3 is 5.11 Å². The molecule has 0 aromatic heterocycles. The van der Waals surface area contributed by atoms with Crippen LogP contribution in [-0.4, -0.2) is 20.6 Å². The number of nitrogens with one attached hydrogen (secondary N) is 1. The summed E-state index contributed by atoms with van der Waals surface area (Å²) in [6.45, 7) is 2.22. The molecule has 0 amide bonds. The Bertz CT molecular complexity index is 799. The van der Waals surface area contributed by atoms with E-state index in [-0.39, 0.29) is 17.8 Å². The van der Waals surface area contributed by atoms with E-state index in [9.17, 15) is 13.5 Å². The second kappa shape index (κ2) is 6.62. The average Bonchev–Trinajstić information content (AvgIpc) is 2.45. The molecule has 0 atom stereocenters. The molecule has 0 saturated heterocycles. The maximum atomic E-state index is 12.2. The van der Waals surface area contributed by atoms with Gasteiger partial charge in [0.15, 0.2) is 0 Å². The maximum Gasteiger partial charge on any atom is 0.229 e. The fourth-order valence-electron chi connectivity index (χ4n) is 1.99. The molecule has 116 valence electrons. The Balaban J connectivity index is 2.28. The lowest BCUT2D eigenvalue weighted by atomic mass is 10.1. The number of sulfonamides is 1. The number of rotatable bonds is 5. The van der Waals surface area contributed by atoms with Crippen molar-refractivity contribution < 1.29 is 13.5 Å². The molecule has 0 fully saturated rings. The largest absolute Gasteiger partial charge is 0.858 e. The van der Waals surface area contributed by atoms with Crippen molar-refractivity contribution in [2.45, 2.75) is 13.5 Å². The Morgan fingerprint density at radius 1 is 1.14 bits per heavy atom.